The summed E-state index contributed by atoms with van der Waals surface area (Å²) in [4.78, 5) is 0. The molecular weight excluding hydrogens is 436 g/mol. The Kier molecular flexibility index (Phi) is 17.2. The van der Waals surface area contributed by atoms with Crippen molar-refractivity contribution in [1.82, 2.24) is 0 Å². The van der Waals surface area contributed by atoms with Gasteiger partial charge in [-0.2, -0.15) is 16.8 Å². The molecule has 6 nitrogen and oxygen atoms in total. The molecule has 0 saturated heterocycles. The minimum atomic E-state index is -4.07. The zero-order valence-electron chi connectivity index (χ0n) is 20.4. The van der Waals surface area contributed by atoms with Crippen molar-refractivity contribution in [3.63, 3.8) is 0 Å². The van der Waals surface area contributed by atoms with Crippen LogP contribution in [0.15, 0.2) is 0 Å². The van der Waals surface area contributed by atoms with Gasteiger partial charge in [0.1, 0.15) is 0 Å². The summed E-state index contributed by atoms with van der Waals surface area (Å²) in [6, 6.07) is 0. The van der Waals surface area contributed by atoms with Gasteiger partial charge in [0.05, 0.1) is 17.6 Å². The minimum Gasteiger partial charge on any atom is -0.285 e. The van der Waals surface area contributed by atoms with E-state index in [-0.39, 0.29) is 24.2 Å². The normalized spacial score (nSPS) is 15.6. The van der Waals surface area contributed by atoms with Crippen LogP contribution < -0.4 is 0 Å². The van der Waals surface area contributed by atoms with Gasteiger partial charge in [0, 0.05) is 0 Å². The van der Waals surface area contributed by atoms with Crippen molar-refractivity contribution in [2.75, 3.05) is 12.4 Å². The molecule has 0 aliphatic heterocycles. The second-order valence-corrected chi connectivity index (χ2v) is 12.8. The average molecular weight is 485 g/mol. The molecule has 8 heteroatoms. The Labute approximate surface area is 192 Å². The topological polar surface area (TPSA) is 97.7 Å². The maximum Gasteiger partial charge on any atom is 0.267 e. The highest BCUT2D eigenvalue weighted by Crippen LogP contribution is 2.24. The Morgan fingerprint density at radius 1 is 0.710 bits per heavy atom. The van der Waals surface area contributed by atoms with Crippen molar-refractivity contribution in [3.05, 3.63) is 0 Å². The molecule has 0 bridgehead atoms. The summed E-state index contributed by atoms with van der Waals surface area (Å²) >= 11 is 0. The lowest BCUT2D eigenvalue weighted by molar-refractivity contribution is 0.235. The Morgan fingerprint density at radius 2 is 1.23 bits per heavy atom. The van der Waals surface area contributed by atoms with E-state index in [1.807, 2.05) is 13.8 Å². The minimum absolute atomic E-state index is 0.000861. The number of unbranched alkanes of at least 4 members (excludes halogenated alkanes) is 9. The number of hydrogen-bond donors (Lipinski definition) is 1. The lowest BCUT2D eigenvalue weighted by Gasteiger charge is -2.21. The fourth-order valence-electron chi connectivity index (χ4n) is 4.00. The van der Waals surface area contributed by atoms with Gasteiger partial charge in [0.15, 0.2) is 0 Å². The van der Waals surface area contributed by atoms with Crippen LogP contribution in [-0.2, 0) is 24.4 Å². The Morgan fingerprint density at radius 3 is 1.77 bits per heavy atom. The Hall–Kier alpha value is -0.180. The molecule has 0 saturated carbocycles. The number of rotatable bonds is 21. The van der Waals surface area contributed by atoms with Gasteiger partial charge in [0.25, 0.3) is 20.2 Å². The molecule has 0 fully saturated rings. The van der Waals surface area contributed by atoms with Gasteiger partial charge in [-0.3, -0.25) is 8.74 Å². The molecule has 188 valence electrons. The Bertz CT molecular complexity index is 630. The maximum absolute atomic E-state index is 12.1. The summed E-state index contributed by atoms with van der Waals surface area (Å²) in [5.74, 6) is 0.118. The monoisotopic (exact) mass is 484 g/mol. The fourth-order valence-corrected chi connectivity index (χ4v) is 6.15. The molecule has 0 aromatic heterocycles. The van der Waals surface area contributed by atoms with Gasteiger partial charge in [0.2, 0.25) is 0 Å². The first-order chi connectivity index (χ1) is 14.5. The highest BCUT2D eigenvalue weighted by Gasteiger charge is 2.26. The van der Waals surface area contributed by atoms with Crippen LogP contribution >= 0.6 is 0 Å². The van der Waals surface area contributed by atoms with E-state index in [1.165, 1.54) is 12.8 Å². The van der Waals surface area contributed by atoms with Crippen LogP contribution in [0.4, 0.5) is 0 Å². The van der Waals surface area contributed by atoms with Gasteiger partial charge in [-0.1, -0.05) is 91.9 Å². The van der Waals surface area contributed by atoms with E-state index in [1.54, 1.807) is 0 Å². The van der Waals surface area contributed by atoms with Crippen molar-refractivity contribution in [3.8, 4) is 0 Å². The van der Waals surface area contributed by atoms with E-state index in [9.17, 15) is 21.4 Å². The zero-order valence-corrected chi connectivity index (χ0v) is 22.0. The van der Waals surface area contributed by atoms with Crippen molar-refractivity contribution in [2.24, 2.45) is 11.8 Å². The van der Waals surface area contributed by atoms with Gasteiger partial charge in [-0.15, -0.1) is 0 Å². The smallest absolute Gasteiger partial charge is 0.267 e. The second kappa shape index (κ2) is 17.3. The van der Waals surface area contributed by atoms with E-state index in [0.29, 0.717) is 25.7 Å². The van der Waals surface area contributed by atoms with Crippen molar-refractivity contribution in [1.29, 1.82) is 0 Å². The Balaban J connectivity index is 4.29. The highest BCUT2D eigenvalue weighted by atomic mass is 32.2. The van der Waals surface area contributed by atoms with Gasteiger partial charge < -0.3 is 0 Å². The summed E-state index contributed by atoms with van der Waals surface area (Å²) < 4.78 is 62.5. The summed E-state index contributed by atoms with van der Waals surface area (Å²) in [5.41, 5.74) is 0. The molecule has 0 amide bonds. The molecule has 1 N–H and O–H groups in total. The predicted molar refractivity (Wildman–Crippen MR) is 129 cm³/mol. The number of hydrogen-bond acceptors (Lipinski definition) is 5. The summed E-state index contributed by atoms with van der Waals surface area (Å²) in [6.07, 6.45) is 12.8. The van der Waals surface area contributed by atoms with Crippen molar-refractivity contribution in [2.45, 2.75) is 123 Å². The molecule has 0 heterocycles. The van der Waals surface area contributed by atoms with Crippen LogP contribution in [0, 0.1) is 11.8 Å². The largest absolute Gasteiger partial charge is 0.285 e. The average Bonchev–Trinajstić information content (AvgIpc) is 2.67. The standard InChI is InChI=1S/C23H48O6S2/c1-5-7-9-11-13-15-17-30(24,25)29-20-22(4)18-21(3)19-23(31(26,27)28)16-14-12-10-8-6-2/h21-23H,5-20H2,1-4H3,(H,26,27,28). The molecule has 0 rings (SSSR count). The highest BCUT2D eigenvalue weighted by molar-refractivity contribution is 7.86. The lowest BCUT2D eigenvalue weighted by Crippen LogP contribution is -2.24. The van der Waals surface area contributed by atoms with Gasteiger partial charge in [-0.25, -0.2) is 0 Å². The molecule has 0 aromatic rings. The third-order valence-corrected chi connectivity index (χ3v) is 8.36. The zero-order chi connectivity index (χ0) is 23.8. The first kappa shape index (κ1) is 30.8. The third kappa shape index (κ3) is 18.0. The van der Waals surface area contributed by atoms with Gasteiger partial charge >= 0.3 is 0 Å². The molecule has 0 aliphatic carbocycles. The first-order valence-electron chi connectivity index (χ1n) is 12.3. The van der Waals surface area contributed by atoms with Crippen molar-refractivity contribution >= 4 is 20.2 Å². The van der Waals surface area contributed by atoms with Crippen LogP contribution in [0.25, 0.3) is 0 Å². The van der Waals surface area contributed by atoms with E-state index in [2.05, 4.69) is 13.8 Å². The van der Waals surface area contributed by atoms with Crippen LogP contribution in [0.3, 0.4) is 0 Å². The summed E-state index contributed by atoms with van der Waals surface area (Å²) in [5, 5.41) is -0.742. The molecule has 0 aliphatic rings. The molecule has 0 spiro atoms. The lowest BCUT2D eigenvalue weighted by atomic mass is 9.92. The molecule has 0 radical (unpaired) electrons. The van der Waals surface area contributed by atoms with Crippen molar-refractivity contribution < 1.29 is 25.6 Å². The molecule has 3 unspecified atom stereocenters. The van der Waals surface area contributed by atoms with Crippen LogP contribution in [0.5, 0.6) is 0 Å². The second-order valence-electron chi connectivity index (χ2n) is 9.34. The van der Waals surface area contributed by atoms with Crippen LogP contribution in [-0.4, -0.2) is 39.0 Å². The van der Waals surface area contributed by atoms with E-state index in [4.69, 9.17) is 4.18 Å². The summed E-state index contributed by atoms with van der Waals surface area (Å²) in [7, 11) is -7.58. The van der Waals surface area contributed by atoms with E-state index < -0.39 is 25.5 Å². The summed E-state index contributed by atoms with van der Waals surface area (Å²) in [6.45, 7) is 8.28. The molecule has 31 heavy (non-hydrogen) atoms. The van der Waals surface area contributed by atoms with Crippen LogP contribution in [0.2, 0.25) is 0 Å². The van der Waals surface area contributed by atoms with Gasteiger partial charge in [-0.05, 0) is 37.5 Å². The molecule has 0 aromatic carbocycles. The van der Waals surface area contributed by atoms with Crippen LogP contribution in [0.1, 0.15) is 118 Å². The van der Waals surface area contributed by atoms with E-state index in [0.717, 1.165) is 51.4 Å². The quantitative estimate of drug-likeness (QED) is 0.116. The fraction of sp³-hybridized carbons (Fsp3) is 1.00. The third-order valence-electron chi connectivity index (χ3n) is 5.80. The molecule has 3 atom stereocenters. The SMILES string of the molecule is CCCCCCCCS(=O)(=O)OCC(C)CC(C)CC(CCCCCCC)S(=O)(=O)O. The molecular formula is C23H48O6S2. The maximum atomic E-state index is 12.1. The predicted octanol–water partition coefficient (Wildman–Crippen LogP) is 6.36. The van der Waals surface area contributed by atoms with E-state index >= 15 is 0 Å². The first-order valence-corrected chi connectivity index (χ1v) is 15.4.